The summed E-state index contributed by atoms with van der Waals surface area (Å²) in [5.74, 6) is 0.254. The predicted octanol–water partition coefficient (Wildman–Crippen LogP) is 5.38. The third kappa shape index (κ3) is 4.58. The van der Waals surface area contributed by atoms with Gasteiger partial charge in [-0.05, 0) is 69.2 Å². The Kier molecular flexibility index (Phi) is 4.89. The van der Waals surface area contributed by atoms with E-state index in [1.54, 1.807) is 26.8 Å². The van der Waals surface area contributed by atoms with Crippen molar-refractivity contribution >= 4 is 17.4 Å². The summed E-state index contributed by atoms with van der Waals surface area (Å²) in [7, 11) is 0. The van der Waals surface area contributed by atoms with Crippen LogP contribution in [0, 0.1) is 11.7 Å². The molecule has 0 saturated carbocycles. The number of hydrogen-bond donors (Lipinski definition) is 1. The maximum absolute atomic E-state index is 14.2. The van der Waals surface area contributed by atoms with Crippen molar-refractivity contribution in [3.05, 3.63) is 35.7 Å². The average Bonchev–Trinajstić information content (AvgIpc) is 2.40. The summed E-state index contributed by atoms with van der Waals surface area (Å²) in [4.78, 5) is 11.7. The zero-order valence-corrected chi connectivity index (χ0v) is 13.7. The number of anilines is 1. The summed E-state index contributed by atoms with van der Waals surface area (Å²) in [6, 6.07) is 4.92. The Balaban J connectivity index is 2.08. The SMILES string of the molecule is CC1CC=C(c2ccc(NC(=O)OC(C)(C)C)c(F)c2)CC1. The summed E-state index contributed by atoms with van der Waals surface area (Å²) >= 11 is 0. The summed E-state index contributed by atoms with van der Waals surface area (Å²) in [5.41, 5.74) is 1.60. The molecule has 1 aromatic carbocycles. The van der Waals surface area contributed by atoms with Crippen molar-refractivity contribution in [1.82, 2.24) is 0 Å². The third-order valence-electron chi connectivity index (χ3n) is 3.65. The molecule has 3 nitrogen and oxygen atoms in total. The molecule has 1 unspecified atom stereocenters. The highest BCUT2D eigenvalue weighted by molar-refractivity contribution is 5.85. The summed E-state index contributed by atoms with van der Waals surface area (Å²) < 4.78 is 19.3. The summed E-state index contributed by atoms with van der Waals surface area (Å²) in [6.45, 7) is 7.52. The normalized spacial score (nSPS) is 18.6. The zero-order valence-electron chi connectivity index (χ0n) is 13.7. The Morgan fingerprint density at radius 3 is 2.64 bits per heavy atom. The standard InChI is InChI=1S/C18H24FNO2/c1-12-5-7-13(8-6-12)14-9-10-16(15(19)11-14)20-17(21)22-18(2,3)4/h7,9-12H,5-6,8H2,1-4H3,(H,20,21). The van der Waals surface area contributed by atoms with E-state index >= 15 is 0 Å². The molecule has 1 aliphatic rings. The number of benzene rings is 1. The topological polar surface area (TPSA) is 38.3 Å². The van der Waals surface area contributed by atoms with Gasteiger partial charge in [-0.15, -0.1) is 0 Å². The minimum atomic E-state index is -0.648. The first kappa shape index (κ1) is 16.5. The van der Waals surface area contributed by atoms with E-state index in [0.717, 1.165) is 24.8 Å². The predicted molar refractivity (Wildman–Crippen MR) is 87.2 cm³/mol. The molecule has 22 heavy (non-hydrogen) atoms. The average molecular weight is 305 g/mol. The number of carbonyl (C=O) groups is 1. The highest BCUT2D eigenvalue weighted by Crippen LogP contribution is 2.31. The number of amides is 1. The fourth-order valence-electron chi connectivity index (χ4n) is 2.46. The van der Waals surface area contributed by atoms with Crippen LogP contribution in [0.5, 0.6) is 0 Å². The minimum Gasteiger partial charge on any atom is -0.444 e. The van der Waals surface area contributed by atoms with Crippen LogP contribution in [0.1, 0.15) is 52.5 Å². The fraction of sp³-hybridized carbons (Fsp3) is 0.500. The molecule has 1 aromatic rings. The zero-order chi connectivity index (χ0) is 16.3. The van der Waals surface area contributed by atoms with Crippen LogP contribution in [0.15, 0.2) is 24.3 Å². The third-order valence-corrected chi connectivity index (χ3v) is 3.65. The van der Waals surface area contributed by atoms with Crippen molar-refractivity contribution in [3.8, 4) is 0 Å². The maximum Gasteiger partial charge on any atom is 0.412 e. The van der Waals surface area contributed by atoms with Crippen LogP contribution in [0.2, 0.25) is 0 Å². The van der Waals surface area contributed by atoms with Crippen LogP contribution in [0.25, 0.3) is 5.57 Å². The number of halogens is 1. The van der Waals surface area contributed by atoms with Gasteiger partial charge in [0.25, 0.3) is 0 Å². The van der Waals surface area contributed by atoms with E-state index in [-0.39, 0.29) is 5.69 Å². The molecular weight excluding hydrogens is 281 g/mol. The molecule has 0 bridgehead atoms. The second kappa shape index (κ2) is 6.51. The van der Waals surface area contributed by atoms with E-state index in [2.05, 4.69) is 18.3 Å². The Bertz CT molecular complexity index is 587. The molecule has 1 aliphatic carbocycles. The van der Waals surface area contributed by atoms with Crippen LogP contribution in [0.4, 0.5) is 14.9 Å². The highest BCUT2D eigenvalue weighted by Gasteiger charge is 2.18. The van der Waals surface area contributed by atoms with Crippen LogP contribution in [-0.4, -0.2) is 11.7 Å². The molecular formula is C18H24FNO2. The molecule has 1 atom stereocenters. The molecule has 0 aliphatic heterocycles. The van der Waals surface area contributed by atoms with Gasteiger partial charge in [0.2, 0.25) is 0 Å². The number of nitrogens with one attached hydrogen (secondary N) is 1. The van der Waals surface area contributed by atoms with E-state index in [4.69, 9.17) is 4.74 Å². The molecule has 1 amide bonds. The van der Waals surface area contributed by atoms with Gasteiger partial charge in [-0.25, -0.2) is 9.18 Å². The number of carbonyl (C=O) groups excluding carboxylic acids is 1. The molecule has 120 valence electrons. The quantitative estimate of drug-likeness (QED) is 0.797. The number of rotatable bonds is 2. The lowest BCUT2D eigenvalue weighted by Gasteiger charge is -2.20. The first-order valence-electron chi connectivity index (χ1n) is 7.73. The molecule has 1 N–H and O–H groups in total. The molecule has 0 heterocycles. The van der Waals surface area contributed by atoms with E-state index in [1.807, 2.05) is 6.07 Å². The second-order valence-corrected chi connectivity index (χ2v) is 6.93. The molecule has 0 spiro atoms. The first-order valence-corrected chi connectivity index (χ1v) is 7.73. The van der Waals surface area contributed by atoms with Crippen molar-refractivity contribution in [2.45, 2.75) is 52.6 Å². The van der Waals surface area contributed by atoms with Gasteiger partial charge in [-0.1, -0.05) is 19.1 Å². The van der Waals surface area contributed by atoms with Gasteiger partial charge in [-0.3, -0.25) is 5.32 Å². The number of ether oxygens (including phenoxy) is 1. The van der Waals surface area contributed by atoms with Crippen molar-refractivity contribution in [3.63, 3.8) is 0 Å². The van der Waals surface area contributed by atoms with Crippen molar-refractivity contribution < 1.29 is 13.9 Å². The van der Waals surface area contributed by atoms with Gasteiger partial charge >= 0.3 is 6.09 Å². The van der Waals surface area contributed by atoms with Gasteiger partial charge < -0.3 is 4.74 Å². The van der Waals surface area contributed by atoms with Gasteiger partial charge in [0, 0.05) is 0 Å². The van der Waals surface area contributed by atoms with E-state index in [1.165, 1.54) is 11.6 Å². The van der Waals surface area contributed by atoms with Gasteiger partial charge in [0.15, 0.2) is 0 Å². The Morgan fingerprint density at radius 2 is 2.09 bits per heavy atom. The minimum absolute atomic E-state index is 0.141. The van der Waals surface area contributed by atoms with E-state index in [0.29, 0.717) is 5.92 Å². The largest absolute Gasteiger partial charge is 0.444 e. The number of allylic oxidation sites excluding steroid dienone is 2. The fourth-order valence-corrected chi connectivity index (χ4v) is 2.46. The lowest BCUT2D eigenvalue weighted by Crippen LogP contribution is -2.27. The highest BCUT2D eigenvalue weighted by atomic mass is 19.1. The maximum atomic E-state index is 14.2. The van der Waals surface area contributed by atoms with Gasteiger partial charge in [0.1, 0.15) is 11.4 Å². The monoisotopic (exact) mass is 305 g/mol. The van der Waals surface area contributed by atoms with E-state index < -0.39 is 17.5 Å². The Morgan fingerprint density at radius 1 is 1.36 bits per heavy atom. The number of hydrogen-bond acceptors (Lipinski definition) is 2. The Hall–Kier alpha value is -1.84. The molecule has 2 rings (SSSR count). The smallest absolute Gasteiger partial charge is 0.412 e. The van der Waals surface area contributed by atoms with Crippen LogP contribution >= 0.6 is 0 Å². The first-order chi connectivity index (χ1) is 10.2. The van der Waals surface area contributed by atoms with Crippen LogP contribution < -0.4 is 5.32 Å². The summed E-state index contributed by atoms with van der Waals surface area (Å²) in [5, 5.41) is 2.45. The Labute approximate surface area is 131 Å². The van der Waals surface area contributed by atoms with Gasteiger partial charge in [-0.2, -0.15) is 0 Å². The van der Waals surface area contributed by atoms with E-state index in [9.17, 15) is 9.18 Å². The molecule has 0 saturated heterocycles. The molecule has 0 aromatic heterocycles. The lowest BCUT2D eigenvalue weighted by molar-refractivity contribution is 0.0635. The molecule has 4 heteroatoms. The lowest BCUT2D eigenvalue weighted by atomic mass is 9.88. The van der Waals surface area contributed by atoms with Crippen molar-refractivity contribution in [2.24, 2.45) is 5.92 Å². The van der Waals surface area contributed by atoms with Crippen molar-refractivity contribution in [2.75, 3.05) is 5.32 Å². The molecule has 0 radical (unpaired) electrons. The second-order valence-electron chi connectivity index (χ2n) is 6.93. The molecule has 0 fully saturated rings. The summed E-state index contributed by atoms with van der Waals surface area (Å²) in [6.07, 6.45) is 4.67. The van der Waals surface area contributed by atoms with Gasteiger partial charge in [0.05, 0.1) is 5.69 Å². The van der Waals surface area contributed by atoms with Crippen LogP contribution in [0.3, 0.4) is 0 Å². The van der Waals surface area contributed by atoms with Crippen LogP contribution in [-0.2, 0) is 4.74 Å². The van der Waals surface area contributed by atoms with Crippen molar-refractivity contribution in [1.29, 1.82) is 0 Å².